The van der Waals surface area contributed by atoms with Crippen LogP contribution in [0.4, 0.5) is 8.78 Å². The van der Waals surface area contributed by atoms with E-state index in [4.69, 9.17) is 16.1 Å². The highest BCUT2D eigenvalue weighted by molar-refractivity contribution is 6.30. The second kappa shape index (κ2) is 10.7. The van der Waals surface area contributed by atoms with Crippen molar-refractivity contribution in [1.29, 1.82) is 0 Å². The molecule has 0 fully saturated rings. The second-order valence-electron chi connectivity index (χ2n) is 6.61. The number of halogens is 3. The molecule has 164 valence electrons. The Morgan fingerprint density at radius 3 is 2.68 bits per heavy atom. The molecule has 0 amide bonds. The van der Waals surface area contributed by atoms with Gasteiger partial charge in [0, 0.05) is 42.7 Å². The lowest BCUT2D eigenvalue weighted by Crippen LogP contribution is -2.38. The lowest BCUT2D eigenvalue weighted by molar-refractivity contribution is -0.0504. The minimum Gasteiger partial charge on any atom is -0.434 e. The molecule has 0 spiro atoms. The maximum Gasteiger partial charge on any atom is 0.387 e. The van der Waals surface area contributed by atoms with Gasteiger partial charge >= 0.3 is 6.61 Å². The molecule has 2 N–H and O–H groups in total. The molecule has 0 aliphatic rings. The Kier molecular flexibility index (Phi) is 7.77. The molecule has 3 rings (SSSR count). The Morgan fingerprint density at radius 1 is 1.19 bits per heavy atom. The summed E-state index contributed by atoms with van der Waals surface area (Å²) < 4.78 is 35.1. The monoisotopic (exact) mass is 449 g/mol. The smallest absolute Gasteiger partial charge is 0.387 e. The van der Waals surface area contributed by atoms with E-state index in [1.807, 2.05) is 19.1 Å². The fraction of sp³-hybridized carbons (Fsp3) is 0.286. The van der Waals surface area contributed by atoms with Gasteiger partial charge in [0.1, 0.15) is 5.75 Å². The molecule has 7 nitrogen and oxygen atoms in total. The lowest BCUT2D eigenvalue weighted by Gasteiger charge is -2.15. The summed E-state index contributed by atoms with van der Waals surface area (Å²) in [5.41, 5.74) is 2.35. The van der Waals surface area contributed by atoms with Gasteiger partial charge in [0.2, 0.25) is 11.7 Å². The Bertz CT molecular complexity index is 1020. The molecule has 31 heavy (non-hydrogen) atoms. The van der Waals surface area contributed by atoms with Crippen molar-refractivity contribution in [3.63, 3.8) is 0 Å². The first kappa shape index (κ1) is 22.5. The van der Waals surface area contributed by atoms with E-state index in [1.54, 1.807) is 31.3 Å². The molecule has 0 unspecified atom stereocenters. The summed E-state index contributed by atoms with van der Waals surface area (Å²) in [6.07, 6.45) is 0.478. The van der Waals surface area contributed by atoms with Gasteiger partial charge in [-0.05, 0) is 37.3 Å². The number of aryl methyl sites for hydroxylation is 1. The molecule has 1 heterocycles. The van der Waals surface area contributed by atoms with E-state index < -0.39 is 6.61 Å². The third-order valence-corrected chi connectivity index (χ3v) is 4.56. The Morgan fingerprint density at radius 2 is 1.97 bits per heavy atom. The number of rotatable bonds is 8. The van der Waals surface area contributed by atoms with E-state index in [0.29, 0.717) is 41.2 Å². The first-order valence-corrected chi connectivity index (χ1v) is 9.90. The number of alkyl halides is 2. The van der Waals surface area contributed by atoms with Crippen LogP contribution >= 0.6 is 11.6 Å². The molecule has 3 aromatic rings. The van der Waals surface area contributed by atoms with Crippen molar-refractivity contribution in [2.45, 2.75) is 26.5 Å². The van der Waals surface area contributed by atoms with Crippen LogP contribution in [0.3, 0.4) is 0 Å². The maximum atomic E-state index is 12.6. The summed E-state index contributed by atoms with van der Waals surface area (Å²) in [5, 5.41) is 10.8. The van der Waals surface area contributed by atoms with Crippen LogP contribution in [-0.4, -0.2) is 36.3 Å². The Hall–Kier alpha value is -3.20. The van der Waals surface area contributed by atoms with Crippen LogP contribution in [0.2, 0.25) is 5.02 Å². The van der Waals surface area contributed by atoms with Crippen molar-refractivity contribution in [3.8, 4) is 17.1 Å². The Labute approximate surface area is 183 Å². The molecule has 0 bridgehead atoms. The van der Waals surface area contributed by atoms with Crippen LogP contribution in [0.1, 0.15) is 17.0 Å². The summed E-state index contributed by atoms with van der Waals surface area (Å²) in [4.78, 5) is 8.50. The number of guanidine groups is 1. The number of nitrogens with one attached hydrogen (secondary N) is 2. The van der Waals surface area contributed by atoms with Gasteiger partial charge in [-0.3, -0.25) is 4.99 Å². The third-order valence-electron chi connectivity index (χ3n) is 4.30. The van der Waals surface area contributed by atoms with E-state index in [2.05, 4.69) is 30.5 Å². The Balaban J connectivity index is 1.52. The van der Waals surface area contributed by atoms with Crippen LogP contribution < -0.4 is 15.4 Å². The van der Waals surface area contributed by atoms with Crippen molar-refractivity contribution in [1.82, 2.24) is 20.8 Å². The summed E-state index contributed by atoms with van der Waals surface area (Å²) in [7, 11) is 1.62. The first-order chi connectivity index (χ1) is 14.9. The van der Waals surface area contributed by atoms with Crippen molar-refractivity contribution in [2.24, 2.45) is 4.99 Å². The molecule has 0 aliphatic carbocycles. The van der Waals surface area contributed by atoms with Gasteiger partial charge < -0.3 is 19.9 Å². The van der Waals surface area contributed by atoms with Gasteiger partial charge in [-0.15, -0.1) is 0 Å². The minimum absolute atomic E-state index is 0.129. The highest BCUT2D eigenvalue weighted by atomic mass is 35.5. The summed E-state index contributed by atoms with van der Waals surface area (Å²) in [5.74, 6) is 1.59. The van der Waals surface area contributed by atoms with Crippen molar-refractivity contribution < 1.29 is 18.0 Å². The topological polar surface area (TPSA) is 84.6 Å². The average Bonchev–Trinajstić information content (AvgIpc) is 3.21. The number of nitrogens with zero attached hydrogens (tertiary/aromatic N) is 3. The summed E-state index contributed by atoms with van der Waals surface area (Å²) in [6, 6.07) is 12.2. The van der Waals surface area contributed by atoms with E-state index in [9.17, 15) is 8.78 Å². The molecular weight excluding hydrogens is 428 g/mol. The number of hydrogen-bond acceptors (Lipinski definition) is 5. The largest absolute Gasteiger partial charge is 0.434 e. The van der Waals surface area contributed by atoms with E-state index in [-0.39, 0.29) is 12.3 Å². The second-order valence-corrected chi connectivity index (χ2v) is 7.05. The van der Waals surface area contributed by atoms with Crippen LogP contribution in [0.5, 0.6) is 5.75 Å². The first-order valence-electron chi connectivity index (χ1n) is 9.52. The fourth-order valence-electron chi connectivity index (χ4n) is 2.82. The zero-order valence-electron chi connectivity index (χ0n) is 17.0. The van der Waals surface area contributed by atoms with E-state index in [0.717, 1.165) is 11.1 Å². The molecule has 2 aromatic carbocycles. The minimum atomic E-state index is -2.88. The molecule has 10 heteroatoms. The number of aromatic nitrogens is 2. The highest BCUT2D eigenvalue weighted by Crippen LogP contribution is 2.22. The van der Waals surface area contributed by atoms with Gasteiger partial charge in [-0.25, -0.2) is 0 Å². The maximum absolute atomic E-state index is 12.6. The molecule has 0 atom stereocenters. The average molecular weight is 450 g/mol. The van der Waals surface area contributed by atoms with E-state index in [1.165, 1.54) is 6.07 Å². The van der Waals surface area contributed by atoms with Crippen molar-refractivity contribution >= 4 is 17.6 Å². The molecule has 0 aliphatic heterocycles. The normalized spacial score (nSPS) is 11.6. The number of ether oxygens (including phenoxy) is 1. The van der Waals surface area contributed by atoms with Gasteiger partial charge in [0.25, 0.3) is 0 Å². The fourth-order valence-corrected chi connectivity index (χ4v) is 2.94. The molecular formula is C21H22ClF2N5O2. The standard InChI is InChI=1S/C21H22ClF2N5O2/c1-13-3-8-17(30-20(23)24)15(11-13)12-27-21(25-2)26-10-9-18-28-19(29-31-18)14-4-6-16(22)7-5-14/h3-8,11,20H,9-10,12H2,1-2H3,(H2,25,26,27). The van der Waals surface area contributed by atoms with Crippen molar-refractivity contribution in [2.75, 3.05) is 13.6 Å². The third kappa shape index (κ3) is 6.65. The van der Waals surface area contributed by atoms with Crippen LogP contribution in [0, 0.1) is 6.92 Å². The highest BCUT2D eigenvalue weighted by Gasteiger charge is 2.11. The SMILES string of the molecule is CN=C(NCCc1nc(-c2ccc(Cl)cc2)no1)NCc1cc(C)ccc1OC(F)F. The van der Waals surface area contributed by atoms with Gasteiger partial charge in [0.05, 0.1) is 0 Å². The van der Waals surface area contributed by atoms with E-state index >= 15 is 0 Å². The predicted octanol–water partition coefficient (Wildman–Crippen LogP) is 4.21. The van der Waals surface area contributed by atoms with Crippen LogP contribution in [-0.2, 0) is 13.0 Å². The van der Waals surface area contributed by atoms with Gasteiger partial charge in [-0.2, -0.15) is 13.8 Å². The zero-order chi connectivity index (χ0) is 22.2. The number of aliphatic imine (C=N–C) groups is 1. The van der Waals surface area contributed by atoms with Crippen molar-refractivity contribution in [3.05, 3.63) is 64.5 Å². The predicted molar refractivity (Wildman–Crippen MR) is 114 cm³/mol. The van der Waals surface area contributed by atoms with Crippen LogP contribution in [0.15, 0.2) is 52.0 Å². The number of hydrogen-bond donors (Lipinski definition) is 2. The summed E-state index contributed by atoms with van der Waals surface area (Å²) in [6.45, 7) is -0.252. The number of benzene rings is 2. The quantitative estimate of drug-likeness (QED) is 0.396. The van der Waals surface area contributed by atoms with Crippen LogP contribution in [0.25, 0.3) is 11.4 Å². The van der Waals surface area contributed by atoms with Gasteiger partial charge in [0.15, 0.2) is 5.96 Å². The molecule has 1 aromatic heterocycles. The zero-order valence-corrected chi connectivity index (χ0v) is 17.8. The summed E-state index contributed by atoms with van der Waals surface area (Å²) >= 11 is 5.89. The lowest BCUT2D eigenvalue weighted by atomic mass is 10.1. The van der Waals surface area contributed by atoms with Gasteiger partial charge in [-0.1, -0.05) is 34.5 Å². The molecule has 0 radical (unpaired) electrons. The molecule has 0 saturated heterocycles. The molecule has 0 saturated carbocycles.